The maximum atomic E-state index is 13.6. The Bertz CT molecular complexity index is 1170. The first-order valence-electron chi connectivity index (χ1n) is 12.8. The molecule has 190 valence electrons. The normalized spacial score (nSPS) is 27.2. The number of hydrogen-bond acceptors (Lipinski definition) is 4. The SMILES string of the molecule is N#Cc1cccc([C@@]23CC[C@@H](N(CCCN4CC[C@@H](O)C4)C(=O)Nc4ccc(F)c(Cl)c4)CC2C3)c1. The fourth-order valence-corrected chi connectivity index (χ4v) is 6.43. The van der Waals surface area contributed by atoms with Gasteiger partial charge in [0.2, 0.25) is 0 Å². The second kappa shape index (κ2) is 10.4. The van der Waals surface area contributed by atoms with Crippen molar-refractivity contribution < 1.29 is 14.3 Å². The van der Waals surface area contributed by atoms with E-state index in [1.54, 1.807) is 0 Å². The molecule has 2 aromatic carbocycles. The van der Waals surface area contributed by atoms with Crippen molar-refractivity contribution in [3.8, 4) is 6.07 Å². The summed E-state index contributed by atoms with van der Waals surface area (Å²) in [6.45, 7) is 3.03. The van der Waals surface area contributed by atoms with Gasteiger partial charge in [0.05, 0.1) is 22.8 Å². The maximum absolute atomic E-state index is 13.6. The zero-order chi connectivity index (χ0) is 25.3. The Kier molecular flexibility index (Phi) is 7.21. The average molecular weight is 511 g/mol. The van der Waals surface area contributed by atoms with Crippen molar-refractivity contribution >= 4 is 23.3 Å². The van der Waals surface area contributed by atoms with Gasteiger partial charge in [0, 0.05) is 31.4 Å². The molecule has 3 aliphatic rings. The molecule has 0 aromatic heterocycles. The van der Waals surface area contributed by atoms with Crippen LogP contribution in [0.25, 0.3) is 0 Å². The molecule has 5 rings (SSSR count). The van der Waals surface area contributed by atoms with Crippen LogP contribution in [0.4, 0.5) is 14.9 Å². The zero-order valence-corrected chi connectivity index (χ0v) is 21.1. The van der Waals surface area contributed by atoms with Crippen LogP contribution in [0, 0.1) is 23.1 Å². The van der Waals surface area contributed by atoms with Crippen molar-refractivity contribution in [2.45, 2.75) is 56.1 Å². The van der Waals surface area contributed by atoms with E-state index in [0.29, 0.717) is 30.3 Å². The number of likely N-dealkylation sites (tertiary alicyclic amines) is 1. The fourth-order valence-electron chi connectivity index (χ4n) is 6.24. The standard InChI is InChI=1S/C28H32ClFN4O2/c29-25-15-22(5-6-26(25)30)32-27(36)34(11-2-10-33-12-8-24(35)18-33)23-7-9-28(16-21(28)14-23)20-4-1-3-19(13-20)17-31/h1,3-6,13,15,21,23-24,35H,2,7-12,14,16,18H2,(H,32,36)/t21?,23-,24-,28+/m1/s1. The molecule has 1 saturated heterocycles. The molecule has 2 aliphatic carbocycles. The van der Waals surface area contributed by atoms with Gasteiger partial charge in [0.25, 0.3) is 0 Å². The Balaban J connectivity index is 1.27. The number of carbonyl (C=O) groups is 1. The van der Waals surface area contributed by atoms with Crippen LogP contribution >= 0.6 is 11.6 Å². The van der Waals surface area contributed by atoms with E-state index in [0.717, 1.165) is 51.6 Å². The van der Waals surface area contributed by atoms with Gasteiger partial charge in [-0.3, -0.25) is 0 Å². The Hall–Kier alpha value is -2.66. The number of urea groups is 1. The average Bonchev–Trinajstić information content (AvgIpc) is 3.48. The number of rotatable bonds is 7. The maximum Gasteiger partial charge on any atom is 0.322 e. The minimum absolute atomic E-state index is 0.0213. The van der Waals surface area contributed by atoms with E-state index in [-0.39, 0.29) is 28.6 Å². The van der Waals surface area contributed by atoms with Gasteiger partial charge in [-0.15, -0.1) is 0 Å². The van der Waals surface area contributed by atoms with Crippen molar-refractivity contribution in [3.63, 3.8) is 0 Å². The van der Waals surface area contributed by atoms with Gasteiger partial charge < -0.3 is 20.2 Å². The number of halogens is 2. The molecular formula is C28H32ClFN4O2. The summed E-state index contributed by atoms with van der Waals surface area (Å²) in [5.74, 6) is -0.0216. The number of β-amino-alcohol motifs (C(OH)–C–C–N with tert-alkyl or cyclic N) is 1. The van der Waals surface area contributed by atoms with Crippen LogP contribution in [-0.4, -0.2) is 59.3 Å². The van der Waals surface area contributed by atoms with Crippen LogP contribution in [0.5, 0.6) is 0 Å². The van der Waals surface area contributed by atoms with Gasteiger partial charge in [-0.05, 0) is 92.3 Å². The molecule has 8 heteroatoms. The third-order valence-corrected chi connectivity index (χ3v) is 8.56. The van der Waals surface area contributed by atoms with E-state index in [1.807, 2.05) is 23.1 Å². The molecule has 2 aromatic rings. The van der Waals surface area contributed by atoms with Crippen LogP contribution < -0.4 is 5.32 Å². The van der Waals surface area contributed by atoms with Gasteiger partial charge >= 0.3 is 6.03 Å². The lowest BCUT2D eigenvalue weighted by Crippen LogP contribution is -2.46. The lowest BCUT2D eigenvalue weighted by Gasteiger charge is -2.37. The number of nitrogens with zero attached hydrogens (tertiary/aromatic N) is 3. The highest BCUT2D eigenvalue weighted by molar-refractivity contribution is 6.31. The van der Waals surface area contributed by atoms with E-state index >= 15 is 0 Å². The number of nitrogens with one attached hydrogen (secondary N) is 1. The molecule has 1 unspecified atom stereocenters. The minimum atomic E-state index is -0.517. The molecule has 0 spiro atoms. The van der Waals surface area contributed by atoms with Crippen molar-refractivity contribution in [1.82, 2.24) is 9.80 Å². The number of amides is 2. The van der Waals surface area contributed by atoms with Gasteiger partial charge in [-0.25, -0.2) is 9.18 Å². The van der Waals surface area contributed by atoms with E-state index in [2.05, 4.69) is 22.4 Å². The van der Waals surface area contributed by atoms with Gasteiger partial charge in [-0.1, -0.05) is 23.7 Å². The van der Waals surface area contributed by atoms with E-state index in [4.69, 9.17) is 11.6 Å². The summed E-state index contributed by atoms with van der Waals surface area (Å²) in [6.07, 6.45) is 5.27. The van der Waals surface area contributed by atoms with E-state index in [1.165, 1.54) is 23.8 Å². The summed E-state index contributed by atoms with van der Waals surface area (Å²) in [7, 11) is 0. The quantitative estimate of drug-likeness (QED) is 0.539. The number of carbonyl (C=O) groups excluding carboxylic acids is 1. The van der Waals surface area contributed by atoms with Gasteiger partial charge in [-0.2, -0.15) is 5.26 Å². The molecule has 0 bridgehead atoms. The van der Waals surface area contributed by atoms with Crippen LogP contribution in [0.1, 0.15) is 49.7 Å². The Morgan fingerprint density at radius 3 is 2.89 bits per heavy atom. The van der Waals surface area contributed by atoms with E-state index < -0.39 is 5.82 Å². The van der Waals surface area contributed by atoms with Crippen LogP contribution in [-0.2, 0) is 5.41 Å². The topological polar surface area (TPSA) is 79.6 Å². The summed E-state index contributed by atoms with van der Waals surface area (Å²) in [5.41, 5.74) is 2.54. The largest absolute Gasteiger partial charge is 0.392 e. The molecule has 2 saturated carbocycles. The van der Waals surface area contributed by atoms with Crippen molar-refractivity contribution in [1.29, 1.82) is 5.26 Å². The molecule has 1 aliphatic heterocycles. The number of benzene rings is 2. The third kappa shape index (κ3) is 5.22. The summed E-state index contributed by atoms with van der Waals surface area (Å²) in [4.78, 5) is 17.6. The van der Waals surface area contributed by atoms with E-state index in [9.17, 15) is 19.6 Å². The fraction of sp³-hybridized carbons (Fsp3) is 0.500. The Morgan fingerprint density at radius 1 is 1.31 bits per heavy atom. The van der Waals surface area contributed by atoms with Crippen LogP contribution in [0.2, 0.25) is 5.02 Å². The molecule has 3 fully saturated rings. The molecule has 2 N–H and O–H groups in total. The molecule has 36 heavy (non-hydrogen) atoms. The molecular weight excluding hydrogens is 479 g/mol. The van der Waals surface area contributed by atoms with Gasteiger partial charge in [0.15, 0.2) is 0 Å². The number of hydrogen-bond donors (Lipinski definition) is 2. The second-order valence-electron chi connectivity index (χ2n) is 10.5. The number of aliphatic hydroxyl groups is 1. The van der Waals surface area contributed by atoms with Crippen molar-refractivity contribution in [3.05, 3.63) is 64.4 Å². The monoisotopic (exact) mass is 510 g/mol. The first-order chi connectivity index (χ1) is 17.4. The lowest BCUT2D eigenvalue weighted by atomic mass is 9.80. The van der Waals surface area contributed by atoms with Crippen LogP contribution in [0.3, 0.4) is 0 Å². The minimum Gasteiger partial charge on any atom is -0.392 e. The van der Waals surface area contributed by atoms with Crippen molar-refractivity contribution in [2.24, 2.45) is 5.92 Å². The second-order valence-corrected chi connectivity index (χ2v) is 10.9. The molecule has 4 atom stereocenters. The molecule has 6 nitrogen and oxygen atoms in total. The molecule has 2 amide bonds. The highest BCUT2D eigenvalue weighted by Gasteiger charge is 2.58. The third-order valence-electron chi connectivity index (χ3n) is 8.27. The summed E-state index contributed by atoms with van der Waals surface area (Å²) >= 11 is 5.93. The van der Waals surface area contributed by atoms with Crippen LogP contribution in [0.15, 0.2) is 42.5 Å². The number of aliphatic hydroxyl groups excluding tert-OH is 1. The highest BCUT2D eigenvalue weighted by atomic mass is 35.5. The summed E-state index contributed by atoms with van der Waals surface area (Å²) < 4.78 is 13.6. The number of fused-ring (bicyclic) bond motifs is 1. The first kappa shape index (κ1) is 25.0. The predicted molar refractivity (Wildman–Crippen MR) is 137 cm³/mol. The van der Waals surface area contributed by atoms with Crippen molar-refractivity contribution in [2.75, 3.05) is 31.5 Å². The molecule has 1 heterocycles. The summed E-state index contributed by atoms with van der Waals surface area (Å²) in [6, 6.07) is 14.4. The highest BCUT2D eigenvalue weighted by Crippen LogP contribution is 2.62. The number of nitriles is 1. The first-order valence-corrected chi connectivity index (χ1v) is 13.2. The Morgan fingerprint density at radius 2 is 2.17 bits per heavy atom. The Labute approximate surface area is 216 Å². The number of anilines is 1. The smallest absolute Gasteiger partial charge is 0.322 e. The summed E-state index contributed by atoms with van der Waals surface area (Å²) in [5, 5.41) is 22.0. The lowest BCUT2D eigenvalue weighted by molar-refractivity contribution is 0.151. The predicted octanol–water partition coefficient (Wildman–Crippen LogP) is 5.15. The molecule has 0 radical (unpaired) electrons. The zero-order valence-electron chi connectivity index (χ0n) is 20.3. The van der Waals surface area contributed by atoms with Gasteiger partial charge in [0.1, 0.15) is 5.82 Å².